The number of nitrogens with one attached hydrogen (secondary N) is 3. The van der Waals surface area contributed by atoms with Crippen molar-refractivity contribution in [2.24, 2.45) is 0 Å². The third kappa shape index (κ3) is 6.22. The zero-order valence-electron chi connectivity index (χ0n) is 25.1. The van der Waals surface area contributed by atoms with Crippen LogP contribution < -0.4 is 10.1 Å². The molecule has 6 aromatic rings. The molecule has 1 unspecified atom stereocenters. The third-order valence-electron chi connectivity index (χ3n) is 8.23. The summed E-state index contributed by atoms with van der Waals surface area (Å²) in [7, 11) is 0. The Bertz CT molecular complexity index is 1950. The number of halogens is 1. The first kappa shape index (κ1) is 28.9. The van der Waals surface area contributed by atoms with Crippen LogP contribution in [0.2, 0.25) is 0 Å². The molecule has 1 aliphatic rings. The monoisotopic (exact) mass is 606 g/mol. The molecule has 6 heterocycles. The number of anilines is 1. The van der Waals surface area contributed by atoms with Crippen molar-refractivity contribution in [3.63, 3.8) is 0 Å². The maximum absolute atomic E-state index is 14.8. The summed E-state index contributed by atoms with van der Waals surface area (Å²) >= 11 is 0. The van der Waals surface area contributed by atoms with Crippen LogP contribution in [0.1, 0.15) is 32.6 Å². The number of ether oxygens (including phenoxy) is 1. The van der Waals surface area contributed by atoms with Crippen molar-refractivity contribution in [2.45, 2.75) is 38.8 Å². The first-order chi connectivity index (χ1) is 22.0. The first-order valence-corrected chi connectivity index (χ1v) is 15.4. The van der Waals surface area contributed by atoms with Gasteiger partial charge in [0.05, 0.1) is 17.6 Å². The van der Waals surface area contributed by atoms with E-state index in [1.54, 1.807) is 24.8 Å². The highest BCUT2D eigenvalue weighted by atomic mass is 19.1. The molecule has 1 fully saturated rings. The number of aromatic amines is 2. The molecule has 0 aliphatic carbocycles. The van der Waals surface area contributed by atoms with Crippen LogP contribution in [0.4, 0.5) is 10.1 Å². The lowest BCUT2D eigenvalue weighted by atomic mass is 10.0. The number of aliphatic hydroxyl groups is 1. The van der Waals surface area contributed by atoms with Crippen LogP contribution in [-0.2, 0) is 0 Å². The molecule has 0 radical (unpaired) electrons. The predicted molar refractivity (Wildman–Crippen MR) is 173 cm³/mol. The van der Waals surface area contributed by atoms with E-state index < -0.39 is 6.23 Å². The Balaban J connectivity index is 1.19. The Morgan fingerprint density at radius 2 is 1.84 bits per heavy atom. The Labute approximate surface area is 259 Å². The number of benzene rings is 1. The van der Waals surface area contributed by atoms with E-state index in [-0.39, 0.29) is 5.82 Å². The number of likely N-dealkylation sites (tertiary alicyclic amines) is 1. The van der Waals surface area contributed by atoms with Crippen molar-refractivity contribution in [3.05, 3.63) is 73.1 Å². The minimum atomic E-state index is -0.639. The highest BCUT2D eigenvalue weighted by Crippen LogP contribution is 2.35. The third-order valence-corrected chi connectivity index (χ3v) is 8.23. The van der Waals surface area contributed by atoms with Gasteiger partial charge in [-0.2, -0.15) is 5.10 Å². The normalized spacial score (nSPS) is 14.4. The Morgan fingerprint density at radius 1 is 0.978 bits per heavy atom. The zero-order valence-corrected chi connectivity index (χ0v) is 25.1. The molecular weight excluding hydrogens is 571 g/mol. The Kier molecular flexibility index (Phi) is 8.10. The lowest BCUT2D eigenvalue weighted by Crippen LogP contribution is -2.25. The highest BCUT2D eigenvalue weighted by molar-refractivity contribution is 6.00. The molecule has 10 nitrogen and oxygen atoms in total. The van der Waals surface area contributed by atoms with E-state index in [2.05, 4.69) is 40.3 Å². The van der Waals surface area contributed by atoms with Crippen LogP contribution in [0.25, 0.3) is 55.7 Å². The number of rotatable bonds is 11. The van der Waals surface area contributed by atoms with E-state index in [9.17, 15) is 9.50 Å². The van der Waals surface area contributed by atoms with Crippen molar-refractivity contribution in [1.82, 2.24) is 35.0 Å². The fraction of sp³-hybridized carbons (Fsp3) is 0.294. The molecule has 1 saturated heterocycles. The molecule has 1 atom stereocenters. The summed E-state index contributed by atoms with van der Waals surface area (Å²) in [5.74, 6) is 0.158. The van der Waals surface area contributed by atoms with E-state index in [0.29, 0.717) is 41.3 Å². The highest BCUT2D eigenvalue weighted by Gasteiger charge is 2.17. The summed E-state index contributed by atoms with van der Waals surface area (Å²) < 4.78 is 20.8. The van der Waals surface area contributed by atoms with E-state index in [1.165, 1.54) is 25.0 Å². The smallest absolute Gasteiger partial charge is 0.155 e. The lowest BCUT2D eigenvalue weighted by molar-refractivity contribution is 0.192. The molecule has 0 bridgehead atoms. The fourth-order valence-electron chi connectivity index (χ4n) is 5.99. The molecular formula is C34H35FN8O2. The van der Waals surface area contributed by atoms with Gasteiger partial charge in [-0.05, 0) is 79.9 Å². The standard InChI is InChI=1S/C34H35FN8O2/c1-2-5-31(44)39-25-13-22(18-36-20-25)23-15-29-32(41-42-34(29)38-19-23)30-17-28-27(6-7-37-33(28)40-30)21-12-24(35)16-26(14-21)45-11-10-43-8-3-4-9-43/h6-7,12-20,31,39,44H,2-5,8-11H2,1H3,(H,37,40)(H,38,41,42). The molecule has 230 valence electrons. The molecule has 45 heavy (non-hydrogen) atoms. The summed E-state index contributed by atoms with van der Waals surface area (Å²) in [5.41, 5.74) is 6.75. The van der Waals surface area contributed by atoms with Crippen molar-refractivity contribution in [3.8, 4) is 39.4 Å². The largest absolute Gasteiger partial charge is 0.492 e. The SMILES string of the molecule is CCCC(O)Nc1cncc(-c2cnc3[nH]nc(-c4cc5c(-c6cc(F)cc(OCCN7CCCC7)c6)ccnc5[nH]4)c3c2)c1. The van der Waals surface area contributed by atoms with Crippen LogP contribution in [0, 0.1) is 5.82 Å². The quantitative estimate of drug-likeness (QED) is 0.125. The topological polar surface area (TPSA) is 128 Å². The van der Waals surface area contributed by atoms with Gasteiger partial charge in [-0.15, -0.1) is 0 Å². The van der Waals surface area contributed by atoms with Crippen LogP contribution in [0.5, 0.6) is 5.75 Å². The average Bonchev–Trinajstić information content (AvgIpc) is 3.80. The van der Waals surface area contributed by atoms with E-state index in [4.69, 9.17) is 4.74 Å². The van der Waals surface area contributed by atoms with Crippen LogP contribution in [0.15, 0.2) is 67.3 Å². The van der Waals surface area contributed by atoms with Crippen molar-refractivity contribution in [2.75, 3.05) is 31.6 Å². The van der Waals surface area contributed by atoms with Crippen molar-refractivity contribution < 1.29 is 14.2 Å². The molecule has 0 spiro atoms. The van der Waals surface area contributed by atoms with Crippen molar-refractivity contribution in [1.29, 1.82) is 0 Å². The summed E-state index contributed by atoms with van der Waals surface area (Å²) in [4.78, 5) is 19.3. The summed E-state index contributed by atoms with van der Waals surface area (Å²) in [6, 6.07) is 12.7. The Morgan fingerprint density at radius 3 is 2.71 bits per heavy atom. The van der Waals surface area contributed by atoms with Gasteiger partial charge in [-0.1, -0.05) is 13.3 Å². The summed E-state index contributed by atoms with van der Waals surface area (Å²) in [6.45, 7) is 5.57. The fourth-order valence-corrected chi connectivity index (χ4v) is 5.99. The second kappa shape index (κ2) is 12.6. The lowest BCUT2D eigenvalue weighted by Gasteiger charge is -2.15. The van der Waals surface area contributed by atoms with Crippen LogP contribution in [0.3, 0.4) is 0 Å². The van der Waals surface area contributed by atoms with Gasteiger partial charge in [0.15, 0.2) is 5.65 Å². The van der Waals surface area contributed by atoms with Gasteiger partial charge in [0.1, 0.15) is 35.7 Å². The van der Waals surface area contributed by atoms with Crippen LogP contribution in [-0.4, -0.2) is 72.6 Å². The predicted octanol–water partition coefficient (Wildman–Crippen LogP) is 6.37. The maximum Gasteiger partial charge on any atom is 0.155 e. The second-order valence-corrected chi connectivity index (χ2v) is 11.5. The van der Waals surface area contributed by atoms with Crippen molar-refractivity contribution >= 4 is 27.8 Å². The number of fused-ring (bicyclic) bond motifs is 2. The Hall–Kier alpha value is -4.87. The van der Waals surface area contributed by atoms with Gasteiger partial charge >= 0.3 is 0 Å². The summed E-state index contributed by atoms with van der Waals surface area (Å²) in [6.07, 6.45) is 10.3. The van der Waals surface area contributed by atoms with E-state index in [1.807, 2.05) is 37.3 Å². The molecule has 0 saturated carbocycles. The molecule has 4 N–H and O–H groups in total. The van der Waals surface area contributed by atoms with E-state index >= 15 is 0 Å². The number of nitrogens with zero attached hydrogens (tertiary/aromatic N) is 5. The number of aliphatic hydroxyl groups excluding tert-OH is 1. The van der Waals surface area contributed by atoms with Gasteiger partial charge in [-0.25, -0.2) is 14.4 Å². The second-order valence-electron chi connectivity index (χ2n) is 11.5. The number of aromatic nitrogens is 6. The zero-order chi connectivity index (χ0) is 30.8. The van der Waals surface area contributed by atoms with Crippen LogP contribution >= 0.6 is 0 Å². The maximum atomic E-state index is 14.8. The minimum Gasteiger partial charge on any atom is -0.492 e. The molecule has 0 amide bonds. The first-order valence-electron chi connectivity index (χ1n) is 15.4. The molecule has 1 aromatic carbocycles. The average molecular weight is 607 g/mol. The number of H-pyrrole nitrogens is 2. The van der Waals surface area contributed by atoms with Gasteiger partial charge in [0.25, 0.3) is 0 Å². The van der Waals surface area contributed by atoms with Gasteiger partial charge in [0, 0.05) is 53.1 Å². The molecule has 5 aromatic heterocycles. The number of hydrogen-bond donors (Lipinski definition) is 4. The summed E-state index contributed by atoms with van der Waals surface area (Å²) in [5, 5.41) is 22.6. The van der Waals surface area contributed by atoms with E-state index in [0.717, 1.165) is 64.9 Å². The number of hydrogen-bond acceptors (Lipinski definition) is 8. The molecule has 7 rings (SSSR count). The van der Waals surface area contributed by atoms with Gasteiger partial charge in [0.2, 0.25) is 0 Å². The molecule has 11 heteroatoms. The molecule has 1 aliphatic heterocycles. The van der Waals surface area contributed by atoms with Gasteiger partial charge in [-0.3, -0.25) is 15.0 Å². The van der Waals surface area contributed by atoms with Gasteiger partial charge < -0.3 is 20.1 Å². The minimum absolute atomic E-state index is 0.352. The number of pyridine rings is 3.